The summed E-state index contributed by atoms with van der Waals surface area (Å²) in [7, 11) is 1.57. The van der Waals surface area contributed by atoms with Crippen LogP contribution in [0.25, 0.3) is 0 Å². The Balaban J connectivity index is 1.86. The van der Waals surface area contributed by atoms with E-state index in [4.69, 9.17) is 9.47 Å². The largest absolute Gasteiger partial charge is 0.493 e. The van der Waals surface area contributed by atoms with E-state index >= 15 is 0 Å². The number of amides is 2. The first-order valence-corrected chi connectivity index (χ1v) is 10.4. The molecule has 1 aromatic carbocycles. The third kappa shape index (κ3) is 7.95. The van der Waals surface area contributed by atoms with Crippen molar-refractivity contribution in [3.8, 4) is 11.5 Å². The molecule has 1 aliphatic rings. The third-order valence-corrected chi connectivity index (χ3v) is 4.76. The van der Waals surface area contributed by atoms with Crippen LogP contribution in [-0.2, 0) is 9.59 Å². The zero-order valence-corrected chi connectivity index (χ0v) is 18.7. The van der Waals surface area contributed by atoms with E-state index in [0.717, 1.165) is 19.3 Å². The molecule has 1 N–H and O–H groups in total. The van der Waals surface area contributed by atoms with Gasteiger partial charge < -0.3 is 19.7 Å². The minimum absolute atomic E-state index is 0.0247. The van der Waals surface area contributed by atoms with Gasteiger partial charge in [0.05, 0.1) is 7.11 Å². The molecule has 0 atom stereocenters. The molecule has 0 radical (unpaired) electrons. The maximum Gasteiger partial charge on any atom is 0.260 e. The van der Waals surface area contributed by atoms with Gasteiger partial charge in [0.15, 0.2) is 18.1 Å². The van der Waals surface area contributed by atoms with E-state index < -0.39 is 0 Å². The van der Waals surface area contributed by atoms with Gasteiger partial charge in [-0.05, 0) is 50.7 Å². The van der Waals surface area contributed by atoms with Crippen LogP contribution in [0.2, 0.25) is 0 Å². The molecule has 6 nitrogen and oxygen atoms in total. The normalized spacial score (nSPS) is 14.3. The summed E-state index contributed by atoms with van der Waals surface area (Å²) in [5.74, 6) is 1.02. The summed E-state index contributed by atoms with van der Waals surface area (Å²) in [6.45, 7) is 10.9. The van der Waals surface area contributed by atoms with E-state index in [2.05, 4.69) is 26.1 Å². The summed E-state index contributed by atoms with van der Waals surface area (Å²) >= 11 is 0. The summed E-state index contributed by atoms with van der Waals surface area (Å²) in [6, 6.07) is 7.48. The lowest BCUT2D eigenvalue weighted by molar-refractivity contribution is -0.134. The maximum absolute atomic E-state index is 12.7. The zero-order chi connectivity index (χ0) is 21.7. The molecule has 1 saturated carbocycles. The number of nitrogens with one attached hydrogen (secondary N) is 1. The number of ether oxygens (including phenoxy) is 2. The fourth-order valence-corrected chi connectivity index (χ4v) is 3.89. The van der Waals surface area contributed by atoms with Crippen molar-refractivity contribution in [3.63, 3.8) is 0 Å². The summed E-state index contributed by atoms with van der Waals surface area (Å²) in [4.78, 5) is 27.0. The van der Waals surface area contributed by atoms with Crippen LogP contribution in [0.3, 0.4) is 0 Å². The van der Waals surface area contributed by atoms with E-state index in [1.807, 2.05) is 26.0 Å². The van der Waals surface area contributed by atoms with Crippen LogP contribution in [0.15, 0.2) is 24.3 Å². The lowest BCUT2D eigenvalue weighted by Crippen LogP contribution is -2.47. The van der Waals surface area contributed by atoms with Crippen molar-refractivity contribution in [1.29, 1.82) is 0 Å². The first-order chi connectivity index (χ1) is 13.5. The molecule has 0 aliphatic heterocycles. The number of hydrogen-bond donors (Lipinski definition) is 1. The number of hydrogen-bond acceptors (Lipinski definition) is 4. The highest BCUT2D eigenvalue weighted by atomic mass is 16.5. The fourth-order valence-electron chi connectivity index (χ4n) is 3.89. The molecule has 0 bridgehead atoms. The minimum Gasteiger partial charge on any atom is -0.493 e. The van der Waals surface area contributed by atoms with Crippen LogP contribution in [-0.4, -0.2) is 48.6 Å². The molecule has 6 heteroatoms. The smallest absolute Gasteiger partial charge is 0.260 e. The predicted molar refractivity (Wildman–Crippen MR) is 114 cm³/mol. The number of para-hydroxylation sites is 2. The molecule has 0 heterocycles. The summed E-state index contributed by atoms with van der Waals surface area (Å²) < 4.78 is 10.9. The van der Waals surface area contributed by atoms with Crippen LogP contribution in [0.5, 0.6) is 11.5 Å². The van der Waals surface area contributed by atoms with Crippen molar-refractivity contribution in [3.05, 3.63) is 24.3 Å². The van der Waals surface area contributed by atoms with Crippen LogP contribution in [0.4, 0.5) is 0 Å². The number of carbonyl (C=O) groups excluding carboxylic acids is 2. The molecule has 0 saturated heterocycles. The quantitative estimate of drug-likeness (QED) is 0.644. The Kier molecular flexibility index (Phi) is 7.55. The van der Waals surface area contributed by atoms with Crippen LogP contribution in [0.1, 0.15) is 60.3 Å². The van der Waals surface area contributed by atoms with E-state index in [-0.39, 0.29) is 35.4 Å². The van der Waals surface area contributed by atoms with Crippen molar-refractivity contribution in [1.82, 2.24) is 10.2 Å². The van der Waals surface area contributed by atoms with Crippen molar-refractivity contribution in [2.45, 2.75) is 71.9 Å². The molecule has 2 amide bonds. The molecule has 162 valence electrons. The van der Waals surface area contributed by atoms with E-state index in [1.54, 1.807) is 24.1 Å². The Hall–Kier alpha value is -2.24. The van der Waals surface area contributed by atoms with Crippen molar-refractivity contribution < 1.29 is 19.1 Å². The molecule has 1 aromatic rings. The van der Waals surface area contributed by atoms with E-state index in [1.165, 1.54) is 0 Å². The summed E-state index contributed by atoms with van der Waals surface area (Å²) in [5.41, 5.74) is -0.153. The second-order valence-corrected chi connectivity index (χ2v) is 9.68. The molecule has 0 aromatic heterocycles. The predicted octanol–water partition coefficient (Wildman–Crippen LogP) is 3.79. The van der Waals surface area contributed by atoms with Gasteiger partial charge in [-0.15, -0.1) is 0 Å². The van der Waals surface area contributed by atoms with Crippen LogP contribution >= 0.6 is 0 Å². The Morgan fingerprint density at radius 3 is 2.28 bits per heavy atom. The van der Waals surface area contributed by atoms with Crippen LogP contribution < -0.4 is 14.8 Å². The van der Waals surface area contributed by atoms with E-state index in [9.17, 15) is 9.59 Å². The highest BCUT2D eigenvalue weighted by Crippen LogP contribution is 2.29. The molecule has 29 heavy (non-hydrogen) atoms. The zero-order valence-electron chi connectivity index (χ0n) is 18.7. The van der Waals surface area contributed by atoms with Gasteiger partial charge in [-0.2, -0.15) is 0 Å². The second kappa shape index (κ2) is 9.51. The van der Waals surface area contributed by atoms with Gasteiger partial charge in [-0.1, -0.05) is 32.9 Å². The number of rotatable bonds is 10. The standard InChI is InChI=1S/C23H36N2O4/c1-22(2,3)16-23(4,5)24-20(26)13-14-25(17-11-12-17)21(27)15-29-19-10-8-7-9-18(19)28-6/h7-10,17H,11-16H2,1-6H3,(H,24,26). The van der Waals surface area contributed by atoms with Gasteiger partial charge >= 0.3 is 0 Å². The van der Waals surface area contributed by atoms with Gasteiger partial charge in [0, 0.05) is 24.5 Å². The lowest BCUT2D eigenvalue weighted by atomic mass is 9.82. The highest BCUT2D eigenvalue weighted by Gasteiger charge is 2.33. The molecular formula is C23H36N2O4. The Morgan fingerprint density at radius 2 is 1.72 bits per heavy atom. The molecular weight excluding hydrogens is 368 g/mol. The number of carbonyl (C=O) groups is 2. The third-order valence-electron chi connectivity index (χ3n) is 4.76. The Morgan fingerprint density at radius 1 is 1.10 bits per heavy atom. The maximum atomic E-state index is 12.7. The molecule has 2 rings (SSSR count). The highest BCUT2D eigenvalue weighted by molar-refractivity contribution is 5.80. The average molecular weight is 405 g/mol. The van der Waals surface area contributed by atoms with Gasteiger partial charge in [-0.25, -0.2) is 0 Å². The summed E-state index contributed by atoms with van der Waals surface area (Å²) in [6.07, 6.45) is 3.14. The van der Waals surface area contributed by atoms with Crippen molar-refractivity contribution in [2.24, 2.45) is 5.41 Å². The number of methoxy groups -OCH3 is 1. The van der Waals surface area contributed by atoms with Gasteiger partial charge in [-0.3, -0.25) is 9.59 Å². The Bertz CT molecular complexity index is 705. The Labute approximate surface area is 174 Å². The van der Waals surface area contributed by atoms with Gasteiger partial charge in [0.1, 0.15) is 0 Å². The molecule has 0 spiro atoms. The lowest BCUT2D eigenvalue weighted by Gasteiger charge is -2.33. The first kappa shape index (κ1) is 23.0. The minimum atomic E-state index is -0.281. The molecule has 0 unspecified atom stereocenters. The van der Waals surface area contributed by atoms with Gasteiger partial charge in [0.25, 0.3) is 5.91 Å². The average Bonchev–Trinajstić information content (AvgIpc) is 3.42. The molecule has 1 aliphatic carbocycles. The van der Waals surface area contributed by atoms with Crippen molar-refractivity contribution in [2.75, 3.05) is 20.3 Å². The number of benzene rings is 1. The first-order valence-electron chi connectivity index (χ1n) is 10.4. The monoisotopic (exact) mass is 404 g/mol. The van der Waals surface area contributed by atoms with E-state index in [0.29, 0.717) is 24.5 Å². The van der Waals surface area contributed by atoms with Gasteiger partial charge in [0.2, 0.25) is 5.91 Å². The molecule has 1 fully saturated rings. The second-order valence-electron chi connectivity index (χ2n) is 9.68. The van der Waals surface area contributed by atoms with Crippen molar-refractivity contribution >= 4 is 11.8 Å². The topological polar surface area (TPSA) is 67.9 Å². The number of nitrogens with zero attached hydrogens (tertiary/aromatic N) is 1. The SMILES string of the molecule is COc1ccccc1OCC(=O)N(CCC(=O)NC(C)(C)CC(C)(C)C)C1CC1. The van der Waals surface area contributed by atoms with Crippen LogP contribution in [0, 0.1) is 5.41 Å². The summed E-state index contributed by atoms with van der Waals surface area (Å²) in [5, 5.41) is 3.11. The fraction of sp³-hybridized carbons (Fsp3) is 0.652.